The number of urea groups is 1. The van der Waals surface area contributed by atoms with Gasteiger partial charge in [-0.05, 0) is 0 Å². The molecule has 0 bridgehead atoms. The van der Waals surface area contributed by atoms with E-state index in [2.05, 4.69) is 10.3 Å². The third-order valence-electron chi connectivity index (χ3n) is 5.40. The van der Waals surface area contributed by atoms with Crippen LogP contribution in [0.25, 0.3) is 0 Å². The van der Waals surface area contributed by atoms with Crippen molar-refractivity contribution in [2.45, 2.75) is 6.92 Å². The van der Waals surface area contributed by atoms with Crippen molar-refractivity contribution >= 4 is 35.3 Å². The second kappa shape index (κ2) is 9.16. The first kappa shape index (κ1) is 21.6. The largest absolute Gasteiger partial charge is 0.383 e. The highest BCUT2D eigenvalue weighted by molar-refractivity contribution is 6.31. The lowest BCUT2D eigenvalue weighted by Gasteiger charge is -2.37. The SMILES string of the molecule is COCCNC(=O)CN1C(=O)C2C(=NC=CC2=[N+]2CCN(C(C)=O)CC2)N(C)C1=O. The molecule has 3 rings (SSSR count). The van der Waals surface area contributed by atoms with E-state index in [-0.39, 0.29) is 19.0 Å². The number of methoxy groups -OCH3 is 1. The molecule has 2 fully saturated rings. The Bertz CT molecular complexity index is 838. The number of amidine groups is 1. The van der Waals surface area contributed by atoms with Crippen molar-refractivity contribution in [1.82, 2.24) is 20.0 Å². The summed E-state index contributed by atoms with van der Waals surface area (Å²) in [6.45, 7) is 4.05. The van der Waals surface area contributed by atoms with Crippen molar-refractivity contribution in [2.24, 2.45) is 10.9 Å². The Hall–Kier alpha value is -3.08. The van der Waals surface area contributed by atoms with Crippen LogP contribution in [0.5, 0.6) is 0 Å². The first-order valence-electron chi connectivity index (χ1n) is 9.81. The van der Waals surface area contributed by atoms with Crippen molar-refractivity contribution in [3.63, 3.8) is 0 Å². The van der Waals surface area contributed by atoms with Gasteiger partial charge in [0.15, 0.2) is 24.7 Å². The number of hydrogen-bond donors (Lipinski definition) is 1. The number of piperazine rings is 1. The summed E-state index contributed by atoms with van der Waals surface area (Å²) in [6, 6.07) is -0.590. The maximum atomic E-state index is 13.3. The summed E-state index contributed by atoms with van der Waals surface area (Å²) in [7, 11) is 3.06. The van der Waals surface area contributed by atoms with E-state index in [4.69, 9.17) is 4.74 Å². The lowest BCUT2D eigenvalue weighted by Crippen LogP contribution is -2.63. The molecule has 0 aromatic carbocycles. The molecule has 0 spiro atoms. The number of carbonyl (C=O) groups is 4. The molecule has 162 valence electrons. The van der Waals surface area contributed by atoms with Gasteiger partial charge < -0.3 is 15.0 Å². The van der Waals surface area contributed by atoms with Crippen LogP contribution in [-0.2, 0) is 19.1 Å². The van der Waals surface area contributed by atoms with Crippen LogP contribution in [0.4, 0.5) is 4.79 Å². The minimum absolute atomic E-state index is 0.0193. The van der Waals surface area contributed by atoms with Gasteiger partial charge in [-0.15, -0.1) is 0 Å². The van der Waals surface area contributed by atoms with E-state index in [1.807, 2.05) is 4.58 Å². The molecule has 0 radical (unpaired) electrons. The minimum atomic E-state index is -0.770. The van der Waals surface area contributed by atoms with Crippen LogP contribution in [0.1, 0.15) is 6.92 Å². The summed E-state index contributed by atoms with van der Waals surface area (Å²) in [5.74, 6) is -1.33. The Morgan fingerprint density at radius 1 is 1.30 bits per heavy atom. The molecule has 0 saturated carbocycles. The molecule has 5 amide bonds. The van der Waals surface area contributed by atoms with E-state index >= 15 is 0 Å². The summed E-state index contributed by atoms with van der Waals surface area (Å²) < 4.78 is 6.92. The fourth-order valence-electron chi connectivity index (χ4n) is 3.74. The van der Waals surface area contributed by atoms with Crippen LogP contribution in [0.15, 0.2) is 17.3 Å². The number of nitrogens with one attached hydrogen (secondary N) is 1. The Morgan fingerprint density at radius 3 is 2.63 bits per heavy atom. The number of fused-ring (bicyclic) bond motifs is 1. The van der Waals surface area contributed by atoms with Crippen molar-refractivity contribution in [1.29, 1.82) is 0 Å². The predicted molar refractivity (Wildman–Crippen MR) is 107 cm³/mol. The predicted octanol–water partition coefficient (Wildman–Crippen LogP) is -1.50. The molecule has 11 heteroatoms. The highest BCUT2D eigenvalue weighted by Crippen LogP contribution is 2.23. The topological polar surface area (TPSA) is 115 Å². The Labute approximate surface area is 174 Å². The van der Waals surface area contributed by atoms with Crippen molar-refractivity contribution in [2.75, 3.05) is 60.0 Å². The molecule has 0 aliphatic carbocycles. The molecule has 11 nitrogen and oxygen atoms in total. The van der Waals surface area contributed by atoms with E-state index < -0.39 is 23.8 Å². The van der Waals surface area contributed by atoms with E-state index in [0.29, 0.717) is 38.6 Å². The average molecular weight is 419 g/mol. The molecule has 0 aromatic heterocycles. The summed E-state index contributed by atoms with van der Waals surface area (Å²) in [6.07, 6.45) is 3.33. The molecule has 3 aliphatic heterocycles. The molecule has 0 aromatic rings. The van der Waals surface area contributed by atoms with Gasteiger partial charge in [0.1, 0.15) is 12.4 Å². The number of ether oxygens (including phenoxy) is 1. The lowest BCUT2D eigenvalue weighted by molar-refractivity contribution is -0.538. The Morgan fingerprint density at radius 2 is 2.00 bits per heavy atom. The Balaban J connectivity index is 1.82. The van der Waals surface area contributed by atoms with Gasteiger partial charge in [-0.2, -0.15) is 0 Å². The van der Waals surface area contributed by atoms with E-state index in [0.717, 1.165) is 10.6 Å². The van der Waals surface area contributed by atoms with Crippen LogP contribution >= 0.6 is 0 Å². The first-order valence-corrected chi connectivity index (χ1v) is 9.81. The summed E-state index contributed by atoms with van der Waals surface area (Å²) in [5, 5.41) is 2.62. The van der Waals surface area contributed by atoms with Crippen molar-refractivity contribution in [3.05, 3.63) is 12.3 Å². The summed E-state index contributed by atoms with van der Waals surface area (Å²) in [4.78, 5) is 58.0. The molecular formula is C19H27N6O5+. The Kier molecular flexibility index (Phi) is 6.60. The zero-order valence-electron chi connectivity index (χ0n) is 17.5. The van der Waals surface area contributed by atoms with Crippen LogP contribution in [0, 0.1) is 5.92 Å². The van der Waals surface area contributed by atoms with Gasteiger partial charge >= 0.3 is 6.03 Å². The maximum absolute atomic E-state index is 13.3. The standard InChI is InChI=1S/C19H26N6O5/c1-13(26)23-7-9-24(10-8-23)14-4-5-21-17-16(14)18(28)25(19(29)22(17)2)12-15(27)20-6-11-30-3/h4-5,16H,6-12H2,1-3H3/p+1. The van der Waals surface area contributed by atoms with Gasteiger partial charge in [0, 0.05) is 39.9 Å². The zero-order valence-corrected chi connectivity index (χ0v) is 17.5. The normalized spacial score (nSPS) is 21.6. The molecule has 1 atom stereocenters. The third kappa shape index (κ3) is 4.25. The molecule has 3 heterocycles. The van der Waals surface area contributed by atoms with Crippen LogP contribution < -0.4 is 5.32 Å². The number of amides is 5. The molecule has 2 saturated heterocycles. The zero-order chi connectivity index (χ0) is 21.8. The lowest BCUT2D eigenvalue weighted by atomic mass is 9.94. The number of carbonyl (C=O) groups excluding carboxylic acids is 4. The number of hydrogen-bond acceptors (Lipinski definition) is 6. The molecule has 30 heavy (non-hydrogen) atoms. The van der Waals surface area contributed by atoms with Crippen LogP contribution in [0.2, 0.25) is 0 Å². The second-order valence-corrected chi connectivity index (χ2v) is 7.26. The van der Waals surface area contributed by atoms with E-state index in [9.17, 15) is 19.2 Å². The van der Waals surface area contributed by atoms with Gasteiger partial charge in [-0.3, -0.25) is 24.2 Å². The maximum Gasteiger partial charge on any atom is 0.332 e. The smallest absolute Gasteiger partial charge is 0.332 e. The first-order chi connectivity index (χ1) is 14.3. The monoisotopic (exact) mass is 419 g/mol. The number of nitrogens with zero attached hydrogens (tertiary/aromatic N) is 5. The van der Waals surface area contributed by atoms with Gasteiger partial charge in [-0.1, -0.05) is 0 Å². The highest BCUT2D eigenvalue weighted by Gasteiger charge is 2.49. The van der Waals surface area contributed by atoms with Gasteiger partial charge in [-0.25, -0.2) is 14.4 Å². The quantitative estimate of drug-likeness (QED) is 0.430. The number of aliphatic imine (C=N–C) groups is 1. The fourth-order valence-corrected chi connectivity index (χ4v) is 3.74. The number of imide groups is 1. The summed E-state index contributed by atoms with van der Waals surface area (Å²) in [5.41, 5.74) is 0.720. The molecular weight excluding hydrogens is 392 g/mol. The van der Waals surface area contributed by atoms with Gasteiger partial charge in [0.25, 0.3) is 5.91 Å². The van der Waals surface area contributed by atoms with Crippen molar-refractivity contribution < 1.29 is 28.5 Å². The second-order valence-electron chi connectivity index (χ2n) is 7.26. The fraction of sp³-hybridized carbons (Fsp3) is 0.579. The van der Waals surface area contributed by atoms with Crippen LogP contribution in [0.3, 0.4) is 0 Å². The molecule has 1 N–H and O–H groups in total. The van der Waals surface area contributed by atoms with Gasteiger partial charge in [0.2, 0.25) is 11.8 Å². The van der Waals surface area contributed by atoms with E-state index in [1.54, 1.807) is 24.2 Å². The van der Waals surface area contributed by atoms with Crippen molar-refractivity contribution in [3.8, 4) is 0 Å². The third-order valence-corrected chi connectivity index (χ3v) is 5.40. The minimum Gasteiger partial charge on any atom is -0.383 e. The summed E-state index contributed by atoms with van der Waals surface area (Å²) >= 11 is 0. The molecule has 3 aliphatic rings. The van der Waals surface area contributed by atoms with Gasteiger partial charge in [0.05, 0.1) is 19.7 Å². The number of rotatable bonds is 5. The van der Waals surface area contributed by atoms with E-state index in [1.165, 1.54) is 18.9 Å². The van der Waals surface area contributed by atoms with Crippen LogP contribution in [-0.4, -0.2) is 115 Å². The number of allylic oxidation sites excluding steroid dienone is 1. The molecule has 1 unspecified atom stereocenters. The highest BCUT2D eigenvalue weighted by atomic mass is 16.5. The average Bonchev–Trinajstić information content (AvgIpc) is 2.75.